The van der Waals surface area contributed by atoms with Crippen LogP contribution in [0.3, 0.4) is 0 Å². The van der Waals surface area contributed by atoms with E-state index in [1.165, 1.54) is 39.5 Å². The zero-order valence-corrected chi connectivity index (χ0v) is 74.6. The number of carbonyl (C=O) groups excluding carboxylic acids is 8. The van der Waals surface area contributed by atoms with Gasteiger partial charge in [0.05, 0.1) is 102 Å². The van der Waals surface area contributed by atoms with Crippen molar-refractivity contribution in [3.8, 4) is 0 Å². The van der Waals surface area contributed by atoms with E-state index < -0.39 is 51.3 Å². The summed E-state index contributed by atoms with van der Waals surface area (Å²) in [5.41, 5.74) is 8.52. The van der Waals surface area contributed by atoms with Crippen molar-refractivity contribution in [1.82, 2.24) is 34.9 Å². The van der Waals surface area contributed by atoms with Gasteiger partial charge >= 0.3 is 72.6 Å². The number of hydrogen-bond donors (Lipinski definition) is 3. The molecular weight excluding hydrogens is 1820 g/mol. The molecule has 5 N–H and O–H groups in total. The predicted octanol–water partition coefficient (Wildman–Crippen LogP) is 11.8. The average molecular weight is 1910 g/mol. The summed E-state index contributed by atoms with van der Waals surface area (Å²) in [7, 11) is 3.98. The Hall–Kier alpha value is -7.36. The summed E-state index contributed by atoms with van der Waals surface area (Å²) < 4.78 is 41.6. The molecule has 0 spiro atoms. The number of pyridine rings is 7. The van der Waals surface area contributed by atoms with Crippen LogP contribution < -0.4 is 24.6 Å². The van der Waals surface area contributed by atoms with Gasteiger partial charge in [0.15, 0.2) is 0 Å². The molecule has 0 amide bonds. The second kappa shape index (κ2) is 42.8. The summed E-state index contributed by atoms with van der Waals surface area (Å²) in [4.78, 5) is 134. The van der Waals surface area contributed by atoms with Gasteiger partial charge in [-0.15, -0.1) is 0 Å². The van der Waals surface area contributed by atoms with Crippen LogP contribution in [0.4, 0.5) is 5.82 Å². The third-order valence-corrected chi connectivity index (χ3v) is 18.3. The minimum Gasteiger partial charge on any atom is -0.870 e. The average Bonchev–Trinajstić information content (AvgIpc) is 0.799. The van der Waals surface area contributed by atoms with Crippen molar-refractivity contribution in [3.05, 3.63) is 193 Å². The molecule has 0 aliphatic carbocycles. The molecular formula is C76H88Br3Cl3ILiN8O20. The number of nitrogen functional groups attached to an aromatic ring is 1. The van der Waals surface area contributed by atoms with E-state index in [0.29, 0.717) is 96.6 Å². The summed E-state index contributed by atoms with van der Waals surface area (Å²) in [5, 5.41) is 19.6. The van der Waals surface area contributed by atoms with E-state index >= 15 is 0 Å². The molecule has 11 rings (SSSR count). The van der Waals surface area contributed by atoms with Gasteiger partial charge < -0.3 is 59.3 Å². The molecule has 4 aliphatic rings. The molecule has 4 aliphatic heterocycles. The quantitative estimate of drug-likeness (QED) is 0.0302. The number of carbonyl (C=O) groups is 9. The number of alkyl halides is 1. The predicted molar refractivity (Wildman–Crippen MR) is 431 cm³/mol. The standard InChI is InChI=1S/C16H21NO4.C12H13NO4.C11H11NO4.C10H11BrClNO2.C10H12N2O2.C8H7BrClNO2.C8H9BrClNO.CH3I.Li.H2O/c1-15(2,3)21-12(18)8-10-6-7-11-13(17-10)16(4,5)9-20-14(11)19;1-12(2)6-17-10(14)7-4-5-8(11(15)16-3)13-9(7)12;1-11(2)5-16-10(15)6-3-4-7(9(13)14)12-8(6)11;1-10(2,9(14)15-3)8-6(11)4-5-7(12)13-8;1-10(2)5-14-9(13)6-3-4-7(11)12-8(6)10;1-13-8(12)4-6-5(9)2-3-7(10)11-6;1-8(2,12)7-5(9)3-4-6(10)11-7;1-2;;/h6-7H,8-9H2,1-5H3;4-5H,6H2,1-3H3;3-4H,5H2,1-2H3,(H,13,14);4-5H,1-3H3;3-4H,5H2,1-2H3,(H2,11,12);2-3H,4H2,1H3;3-4,12H,1-2H3;1H3;;1H2/q;;;;;;;;+1;/p-1. The van der Waals surface area contributed by atoms with Crippen LogP contribution >= 0.6 is 105 Å². The maximum absolute atomic E-state index is 11.9. The molecule has 0 radical (unpaired) electrons. The monoisotopic (exact) mass is 1910 g/mol. The van der Waals surface area contributed by atoms with Crippen LogP contribution in [0.15, 0.2) is 98.3 Å². The third-order valence-electron chi connectivity index (χ3n) is 15.6. The molecule has 7 aromatic heterocycles. The molecule has 0 atom stereocenters. The Kier molecular flexibility index (Phi) is 38.5. The number of nitrogens with two attached hydrogens (primary N) is 1. The first-order valence-corrected chi connectivity index (χ1v) is 38.8. The number of aliphatic hydroxyl groups is 1. The molecule has 7 aromatic rings. The number of aromatic nitrogens is 7. The molecule has 28 nitrogen and oxygen atoms in total. The minimum atomic E-state index is -1.10. The van der Waals surface area contributed by atoms with Gasteiger partial charge in [-0.05, 0) is 186 Å². The third kappa shape index (κ3) is 28.6. The first-order chi connectivity index (χ1) is 50.9. The van der Waals surface area contributed by atoms with E-state index in [2.05, 4.69) is 115 Å². The van der Waals surface area contributed by atoms with Crippen molar-refractivity contribution >= 4 is 165 Å². The van der Waals surface area contributed by atoms with Gasteiger partial charge in [0.2, 0.25) is 0 Å². The molecule has 0 unspecified atom stereocenters. The topological polar surface area (TPSA) is 414 Å². The van der Waals surface area contributed by atoms with Crippen molar-refractivity contribution in [2.75, 3.05) is 58.4 Å². The van der Waals surface area contributed by atoms with E-state index in [9.17, 15) is 48.3 Å². The zero-order chi connectivity index (χ0) is 83.6. The van der Waals surface area contributed by atoms with E-state index in [1.54, 1.807) is 94.4 Å². The number of hydrogen-bond acceptors (Lipinski definition) is 27. The number of carboxylic acids is 1. The van der Waals surface area contributed by atoms with Crippen molar-refractivity contribution in [2.45, 2.75) is 155 Å². The number of anilines is 1. The number of fused-ring (bicyclic) bond motifs is 4. The van der Waals surface area contributed by atoms with Crippen LogP contribution in [0.1, 0.15) is 212 Å². The van der Waals surface area contributed by atoms with Crippen LogP contribution in [-0.2, 0) is 97.8 Å². The Morgan fingerprint density at radius 1 is 0.491 bits per heavy atom. The van der Waals surface area contributed by atoms with Crippen LogP contribution in [0, 0.1) is 0 Å². The van der Waals surface area contributed by atoms with Gasteiger partial charge in [-0.2, -0.15) is 0 Å². The molecule has 112 heavy (non-hydrogen) atoms. The van der Waals surface area contributed by atoms with Gasteiger partial charge in [0, 0.05) is 35.1 Å². The number of esters is 8. The van der Waals surface area contributed by atoms with E-state index in [4.69, 9.17) is 74.1 Å². The van der Waals surface area contributed by atoms with Gasteiger partial charge in [-0.1, -0.05) is 113 Å². The molecule has 0 bridgehead atoms. The van der Waals surface area contributed by atoms with Gasteiger partial charge in [0.1, 0.15) is 75.7 Å². The first kappa shape index (κ1) is 101. The van der Waals surface area contributed by atoms with Crippen LogP contribution in [0.2, 0.25) is 15.5 Å². The number of cyclic esters (lactones) is 4. The Morgan fingerprint density at radius 2 is 0.857 bits per heavy atom. The maximum atomic E-state index is 11.9. The van der Waals surface area contributed by atoms with Crippen molar-refractivity contribution < 1.29 is 116 Å². The smallest absolute Gasteiger partial charge is 0.870 e. The zero-order valence-electron chi connectivity index (χ0n) is 65.5. The second-order valence-corrected chi connectivity index (χ2v) is 32.6. The molecule has 0 fully saturated rings. The second-order valence-electron chi connectivity index (χ2n) is 28.8. The molecule has 0 saturated carbocycles. The number of methoxy groups -OCH3 is 3. The van der Waals surface area contributed by atoms with Gasteiger partial charge in [0.25, 0.3) is 0 Å². The van der Waals surface area contributed by atoms with E-state index in [1.807, 2.05) is 81.1 Å². The SMILES string of the molecule is CC(C)(C)OC(=O)Cc1ccc2c(n1)C(C)(C)COC2=O.CC(C)(O)c1nc(Cl)ccc1Br.CC1(C)COC(=O)c2ccc(C(=O)O)nc21.CC1(C)COC(=O)c2ccc(N)nc21.CI.COC(=O)C(C)(C)c1nc(Cl)ccc1Br.COC(=O)Cc1nc(Cl)ccc1Br.COC(=O)c1ccc2c(n1)C(C)(C)COC2=O.[Li+].[OH-]. The molecule has 0 saturated heterocycles. The fourth-order valence-corrected chi connectivity index (χ4v) is 12.2. The van der Waals surface area contributed by atoms with Crippen LogP contribution in [-0.4, -0.2) is 163 Å². The fourth-order valence-electron chi connectivity index (χ4n) is 9.99. The molecule has 36 heteroatoms. The number of nitrogens with zero attached hydrogens (tertiary/aromatic N) is 7. The number of halogens is 7. The van der Waals surface area contributed by atoms with E-state index in [0.717, 1.165) is 19.1 Å². The number of rotatable bonds is 9. The van der Waals surface area contributed by atoms with Crippen molar-refractivity contribution in [2.24, 2.45) is 0 Å². The molecule has 0 aromatic carbocycles. The van der Waals surface area contributed by atoms with Gasteiger partial charge in [-0.25, -0.2) is 58.7 Å². The Balaban J connectivity index is 0.000000443. The van der Waals surface area contributed by atoms with Gasteiger partial charge in [-0.3, -0.25) is 19.4 Å². The molecule has 602 valence electrons. The number of ether oxygens (including phenoxy) is 8. The summed E-state index contributed by atoms with van der Waals surface area (Å²) in [5.74, 6) is -3.71. The number of aromatic carboxylic acids is 1. The van der Waals surface area contributed by atoms with Crippen LogP contribution in [0.5, 0.6) is 0 Å². The molecule has 11 heterocycles. The fraction of sp³-hybridized carbons (Fsp3) is 0.421. The normalized spacial score (nSPS) is 14.5. The summed E-state index contributed by atoms with van der Waals surface area (Å²) in [6.45, 7) is 28.8. The Labute approximate surface area is 715 Å². The summed E-state index contributed by atoms with van der Waals surface area (Å²) in [6.07, 6.45) is 0.216. The number of carboxylic acid groups (broad SMARTS) is 1. The van der Waals surface area contributed by atoms with Crippen molar-refractivity contribution in [3.63, 3.8) is 0 Å². The summed E-state index contributed by atoms with van der Waals surface area (Å²) >= 11 is 29.2. The van der Waals surface area contributed by atoms with Crippen LogP contribution in [0.25, 0.3) is 0 Å². The van der Waals surface area contributed by atoms with Crippen molar-refractivity contribution in [1.29, 1.82) is 0 Å². The van der Waals surface area contributed by atoms with E-state index in [-0.39, 0.29) is 102 Å². The minimum absolute atomic E-state index is 0. The largest absolute Gasteiger partial charge is 1.00 e. The Bertz CT molecular complexity index is 4580. The maximum Gasteiger partial charge on any atom is 1.00 e. The Morgan fingerprint density at radius 3 is 1.25 bits per heavy atom. The first-order valence-electron chi connectivity index (χ1n) is 33.1. The summed E-state index contributed by atoms with van der Waals surface area (Å²) in [6, 6.07) is 22.6.